The van der Waals surface area contributed by atoms with Crippen molar-refractivity contribution >= 4 is 10.8 Å². The molecule has 0 aliphatic carbocycles. The number of fused-ring (bicyclic) bond motifs is 1. The van der Waals surface area contributed by atoms with Gasteiger partial charge in [0, 0.05) is 0 Å². The lowest BCUT2D eigenvalue weighted by Gasteiger charge is -2.02. The second-order valence-electron chi connectivity index (χ2n) is 3.18. The van der Waals surface area contributed by atoms with E-state index in [0.717, 1.165) is 0 Å². The predicted octanol–water partition coefficient (Wildman–Crippen LogP) is 3.26. The average molecular weight is 155 g/mol. The van der Waals surface area contributed by atoms with Crippen LogP contribution in [0.2, 0.25) is 0 Å². The topological polar surface area (TPSA) is 0 Å². The molecular weight excluding hydrogens is 144 g/mol. The highest BCUT2D eigenvalue weighted by molar-refractivity contribution is 5.85. The summed E-state index contributed by atoms with van der Waals surface area (Å²) < 4.78 is 0. The lowest BCUT2D eigenvalue weighted by Crippen LogP contribution is -1.80. The van der Waals surface area contributed by atoms with Crippen LogP contribution in [0.25, 0.3) is 10.8 Å². The highest BCUT2D eigenvalue weighted by atomic mass is 14.0. The van der Waals surface area contributed by atoms with Gasteiger partial charge in [0.2, 0.25) is 0 Å². The molecule has 0 fully saturated rings. The predicted molar refractivity (Wildman–Crippen MR) is 52.3 cm³/mol. The molecule has 0 saturated carbocycles. The fourth-order valence-electron chi connectivity index (χ4n) is 1.59. The number of rotatable bonds is 0. The normalized spacial score (nSPS) is 10.5. The van der Waals surface area contributed by atoms with Crippen LogP contribution in [0.1, 0.15) is 11.1 Å². The van der Waals surface area contributed by atoms with Gasteiger partial charge in [-0.1, -0.05) is 30.3 Å². The molecule has 0 atom stereocenters. The average Bonchev–Trinajstić information content (AvgIpc) is 2.04. The van der Waals surface area contributed by atoms with Crippen LogP contribution in [0.15, 0.2) is 30.3 Å². The van der Waals surface area contributed by atoms with Crippen molar-refractivity contribution in [3.8, 4) is 0 Å². The minimum absolute atomic E-state index is 1.21. The zero-order chi connectivity index (χ0) is 8.55. The molecule has 0 N–H and O–H groups in total. The van der Waals surface area contributed by atoms with Crippen LogP contribution in [0, 0.1) is 19.9 Å². The molecule has 0 amide bonds. The van der Waals surface area contributed by atoms with Crippen molar-refractivity contribution < 1.29 is 0 Å². The summed E-state index contributed by atoms with van der Waals surface area (Å²) in [5.41, 5.74) is 2.55. The second kappa shape index (κ2) is 2.63. The van der Waals surface area contributed by atoms with E-state index in [1.807, 2.05) is 0 Å². The van der Waals surface area contributed by atoms with Crippen molar-refractivity contribution in [2.75, 3.05) is 0 Å². The zero-order valence-electron chi connectivity index (χ0n) is 7.39. The number of hydrogen-bond donors (Lipinski definition) is 0. The SMILES string of the molecule is Cc1[c]c2ccccc2c(C)c1. The van der Waals surface area contributed by atoms with E-state index in [4.69, 9.17) is 0 Å². The van der Waals surface area contributed by atoms with Crippen LogP contribution in [-0.2, 0) is 0 Å². The number of hydrogen-bond acceptors (Lipinski definition) is 0. The number of aryl methyl sites for hydroxylation is 2. The van der Waals surface area contributed by atoms with Gasteiger partial charge in [0.1, 0.15) is 0 Å². The van der Waals surface area contributed by atoms with E-state index in [1.54, 1.807) is 0 Å². The van der Waals surface area contributed by atoms with Crippen LogP contribution in [-0.4, -0.2) is 0 Å². The molecule has 0 aliphatic rings. The fraction of sp³-hybridized carbons (Fsp3) is 0.167. The van der Waals surface area contributed by atoms with E-state index in [2.05, 4.69) is 50.2 Å². The first-order valence-electron chi connectivity index (χ1n) is 4.15. The molecule has 0 heterocycles. The first kappa shape index (κ1) is 7.35. The quantitative estimate of drug-likeness (QED) is 0.547. The summed E-state index contributed by atoms with van der Waals surface area (Å²) in [5, 5.41) is 2.53. The van der Waals surface area contributed by atoms with Crippen LogP contribution >= 0.6 is 0 Å². The molecule has 0 unspecified atom stereocenters. The van der Waals surface area contributed by atoms with Gasteiger partial charge in [0.15, 0.2) is 0 Å². The lowest BCUT2D eigenvalue weighted by atomic mass is 10.0. The molecule has 59 valence electrons. The molecule has 2 aromatic carbocycles. The Morgan fingerprint density at radius 1 is 1.08 bits per heavy atom. The lowest BCUT2D eigenvalue weighted by molar-refractivity contribution is 1.42. The van der Waals surface area contributed by atoms with Crippen molar-refractivity contribution in [1.82, 2.24) is 0 Å². The molecule has 0 aromatic heterocycles. The third kappa shape index (κ3) is 1.10. The Labute approximate surface area is 72.8 Å². The first-order valence-corrected chi connectivity index (χ1v) is 4.15. The Morgan fingerprint density at radius 2 is 1.83 bits per heavy atom. The Hall–Kier alpha value is -1.30. The molecule has 0 spiro atoms. The van der Waals surface area contributed by atoms with Crippen molar-refractivity contribution in [1.29, 1.82) is 0 Å². The van der Waals surface area contributed by atoms with E-state index in [-0.39, 0.29) is 0 Å². The second-order valence-corrected chi connectivity index (χ2v) is 3.18. The van der Waals surface area contributed by atoms with Crippen LogP contribution in [0.4, 0.5) is 0 Å². The summed E-state index contributed by atoms with van der Waals surface area (Å²) in [6.45, 7) is 4.22. The minimum Gasteiger partial charge on any atom is -0.0616 e. The van der Waals surface area contributed by atoms with Gasteiger partial charge in [-0.3, -0.25) is 0 Å². The summed E-state index contributed by atoms with van der Waals surface area (Å²) in [6, 6.07) is 13.9. The van der Waals surface area contributed by atoms with Crippen molar-refractivity contribution in [2.24, 2.45) is 0 Å². The molecule has 2 aromatic rings. The van der Waals surface area contributed by atoms with Gasteiger partial charge < -0.3 is 0 Å². The summed E-state index contributed by atoms with van der Waals surface area (Å²) >= 11 is 0. The minimum atomic E-state index is 1.21. The monoisotopic (exact) mass is 155 g/mol. The Morgan fingerprint density at radius 3 is 2.67 bits per heavy atom. The fourth-order valence-corrected chi connectivity index (χ4v) is 1.59. The standard InChI is InChI=1S/C12H11/c1-9-7-10(2)12-6-4-3-5-11(12)8-9/h3-7H,1-2H3. The molecule has 12 heavy (non-hydrogen) atoms. The van der Waals surface area contributed by atoms with Crippen molar-refractivity contribution in [3.05, 3.63) is 47.5 Å². The summed E-state index contributed by atoms with van der Waals surface area (Å²) in [5.74, 6) is 0. The van der Waals surface area contributed by atoms with E-state index in [0.29, 0.717) is 0 Å². The van der Waals surface area contributed by atoms with E-state index in [1.165, 1.54) is 21.9 Å². The van der Waals surface area contributed by atoms with Crippen LogP contribution in [0.5, 0.6) is 0 Å². The van der Waals surface area contributed by atoms with Crippen molar-refractivity contribution in [2.45, 2.75) is 13.8 Å². The van der Waals surface area contributed by atoms with Gasteiger partial charge in [-0.2, -0.15) is 0 Å². The summed E-state index contributed by atoms with van der Waals surface area (Å²) in [7, 11) is 0. The van der Waals surface area contributed by atoms with Gasteiger partial charge in [0.25, 0.3) is 0 Å². The van der Waals surface area contributed by atoms with Crippen LogP contribution < -0.4 is 0 Å². The summed E-state index contributed by atoms with van der Waals surface area (Å²) in [6.07, 6.45) is 0. The summed E-state index contributed by atoms with van der Waals surface area (Å²) in [4.78, 5) is 0. The molecule has 0 heteroatoms. The van der Waals surface area contributed by atoms with Gasteiger partial charge in [-0.05, 0) is 41.8 Å². The van der Waals surface area contributed by atoms with E-state index in [9.17, 15) is 0 Å². The molecule has 1 radical (unpaired) electrons. The zero-order valence-corrected chi connectivity index (χ0v) is 7.39. The molecule has 0 nitrogen and oxygen atoms in total. The molecule has 0 saturated heterocycles. The Bertz CT molecular complexity index is 413. The largest absolute Gasteiger partial charge is 0.0616 e. The highest BCUT2D eigenvalue weighted by Crippen LogP contribution is 2.18. The van der Waals surface area contributed by atoms with Gasteiger partial charge in [0.05, 0.1) is 0 Å². The molecule has 2 rings (SSSR count). The maximum atomic E-state index is 3.33. The van der Waals surface area contributed by atoms with Crippen molar-refractivity contribution in [3.63, 3.8) is 0 Å². The Kier molecular flexibility index (Phi) is 1.61. The molecule has 0 aliphatic heterocycles. The highest BCUT2D eigenvalue weighted by Gasteiger charge is 1.96. The van der Waals surface area contributed by atoms with Gasteiger partial charge >= 0.3 is 0 Å². The van der Waals surface area contributed by atoms with E-state index < -0.39 is 0 Å². The maximum Gasteiger partial charge on any atom is -0.00670 e. The first-order chi connectivity index (χ1) is 5.77. The number of benzene rings is 2. The smallest absolute Gasteiger partial charge is 0.00670 e. The molecular formula is C12H11. The third-order valence-corrected chi connectivity index (χ3v) is 2.12. The Balaban J connectivity index is 2.89. The third-order valence-electron chi connectivity index (χ3n) is 2.12. The van der Waals surface area contributed by atoms with Gasteiger partial charge in [-0.25, -0.2) is 0 Å². The maximum absolute atomic E-state index is 3.33. The van der Waals surface area contributed by atoms with Crippen LogP contribution in [0.3, 0.4) is 0 Å². The molecule has 0 bridgehead atoms. The van der Waals surface area contributed by atoms with Gasteiger partial charge in [-0.15, -0.1) is 0 Å². The van der Waals surface area contributed by atoms with E-state index >= 15 is 0 Å².